The van der Waals surface area contributed by atoms with Crippen molar-refractivity contribution >= 4 is 23.1 Å². The van der Waals surface area contributed by atoms with Gasteiger partial charge in [-0.3, -0.25) is 0 Å². The van der Waals surface area contributed by atoms with Gasteiger partial charge in [0, 0.05) is 11.5 Å². The Labute approximate surface area is 149 Å². The fourth-order valence-electron chi connectivity index (χ4n) is 1.02. The standard InChI is InChI=1S/2C7H7O.ClH.Li.Mg/c2*1-8-7-5-3-2-4-6-7;;;/h2*3-6H,1H3;1H;;/q2*-1;;+1;+2/p-1. The summed E-state index contributed by atoms with van der Waals surface area (Å²) < 4.78 is 9.79. The Kier molecular flexibility index (Phi) is 19.7. The zero-order chi connectivity index (χ0) is 11.6. The first-order chi connectivity index (χ1) is 7.86. The van der Waals surface area contributed by atoms with E-state index in [2.05, 4.69) is 12.1 Å². The predicted octanol–water partition coefficient (Wildman–Crippen LogP) is -3.38. The van der Waals surface area contributed by atoms with E-state index in [9.17, 15) is 0 Å². The molecule has 92 valence electrons. The van der Waals surface area contributed by atoms with Crippen LogP contribution in [0.2, 0.25) is 0 Å². The van der Waals surface area contributed by atoms with Gasteiger partial charge in [0.15, 0.2) is 0 Å². The van der Waals surface area contributed by atoms with Crippen LogP contribution in [0.25, 0.3) is 0 Å². The Bertz CT molecular complexity index is 348. The fourth-order valence-corrected chi connectivity index (χ4v) is 1.02. The molecule has 2 aromatic rings. The molecule has 0 heterocycles. The largest absolute Gasteiger partial charge is 2.00 e. The molecule has 0 radical (unpaired) electrons. The van der Waals surface area contributed by atoms with Gasteiger partial charge < -0.3 is 21.9 Å². The van der Waals surface area contributed by atoms with Gasteiger partial charge in [0.1, 0.15) is 0 Å². The van der Waals surface area contributed by atoms with E-state index in [1.165, 1.54) is 0 Å². The van der Waals surface area contributed by atoms with Gasteiger partial charge in [0.25, 0.3) is 0 Å². The third-order valence-corrected chi connectivity index (χ3v) is 1.85. The molecule has 19 heavy (non-hydrogen) atoms. The molecule has 5 heteroatoms. The van der Waals surface area contributed by atoms with Crippen LogP contribution in [0.5, 0.6) is 11.5 Å². The molecule has 2 nitrogen and oxygen atoms in total. The Balaban J connectivity index is -0.000000233. The van der Waals surface area contributed by atoms with Crippen LogP contribution in [0.15, 0.2) is 48.5 Å². The van der Waals surface area contributed by atoms with Crippen molar-refractivity contribution in [1.82, 2.24) is 0 Å². The number of halogens is 1. The minimum atomic E-state index is 0. The molecule has 0 aliphatic carbocycles. The average Bonchev–Trinajstić information content (AvgIpc) is 2.41. The van der Waals surface area contributed by atoms with Crippen molar-refractivity contribution in [3.05, 3.63) is 60.7 Å². The Morgan fingerprint density at radius 1 is 0.737 bits per heavy atom. The van der Waals surface area contributed by atoms with Crippen LogP contribution < -0.4 is 40.7 Å². The van der Waals surface area contributed by atoms with Gasteiger partial charge >= 0.3 is 41.9 Å². The summed E-state index contributed by atoms with van der Waals surface area (Å²) in [6.45, 7) is 0. The van der Waals surface area contributed by atoms with Crippen LogP contribution in [0.4, 0.5) is 0 Å². The molecule has 2 aromatic carbocycles. The zero-order valence-electron chi connectivity index (χ0n) is 11.5. The molecule has 0 aliphatic heterocycles. The third kappa shape index (κ3) is 11.2. The monoisotopic (exact) mass is 280 g/mol. The molecule has 0 saturated carbocycles. The predicted molar refractivity (Wildman–Crippen MR) is 69.4 cm³/mol. The maximum absolute atomic E-state index is 4.89. The van der Waals surface area contributed by atoms with Gasteiger partial charge in [-0.25, -0.2) is 0 Å². The summed E-state index contributed by atoms with van der Waals surface area (Å²) in [7, 11) is 3.30. The SMILES string of the molecule is COc1cc[c-]cc1.COc1cc[c-]cc1.[Cl-].[Li+].[Mg+2]. The summed E-state index contributed by atoms with van der Waals surface area (Å²) in [5.41, 5.74) is 0. The summed E-state index contributed by atoms with van der Waals surface area (Å²) >= 11 is 0. The molecule has 0 saturated heterocycles. The van der Waals surface area contributed by atoms with Crippen LogP contribution in [-0.2, 0) is 0 Å². The smallest absolute Gasteiger partial charge is 1.00 e. The second-order valence-corrected chi connectivity index (χ2v) is 2.88. The summed E-state index contributed by atoms with van der Waals surface area (Å²) in [5.74, 6) is 1.76. The molecule has 0 atom stereocenters. The van der Waals surface area contributed by atoms with Crippen LogP contribution in [0.3, 0.4) is 0 Å². The van der Waals surface area contributed by atoms with Gasteiger partial charge in [0.2, 0.25) is 0 Å². The first-order valence-electron chi connectivity index (χ1n) is 4.87. The van der Waals surface area contributed by atoms with Gasteiger partial charge in [-0.15, -0.1) is 24.3 Å². The molecule has 2 rings (SSSR count). The number of benzene rings is 2. The van der Waals surface area contributed by atoms with Crippen LogP contribution in [-0.4, -0.2) is 37.3 Å². The summed E-state index contributed by atoms with van der Waals surface area (Å²) in [6, 6.07) is 20.5. The van der Waals surface area contributed by atoms with E-state index in [-0.39, 0.29) is 54.3 Å². The summed E-state index contributed by atoms with van der Waals surface area (Å²) in [5, 5.41) is 0. The van der Waals surface area contributed by atoms with Crippen LogP contribution >= 0.6 is 0 Å². The van der Waals surface area contributed by atoms with E-state index in [0.29, 0.717) is 0 Å². The van der Waals surface area contributed by atoms with E-state index >= 15 is 0 Å². The maximum atomic E-state index is 4.89. The van der Waals surface area contributed by atoms with E-state index in [0.717, 1.165) is 11.5 Å². The average molecular weight is 281 g/mol. The fraction of sp³-hybridized carbons (Fsp3) is 0.143. The van der Waals surface area contributed by atoms with Gasteiger partial charge in [-0.2, -0.15) is 36.4 Å². The van der Waals surface area contributed by atoms with Crippen LogP contribution in [0.1, 0.15) is 0 Å². The van der Waals surface area contributed by atoms with E-state index in [4.69, 9.17) is 9.47 Å². The number of methoxy groups -OCH3 is 2. The Morgan fingerprint density at radius 3 is 1.16 bits per heavy atom. The zero-order valence-corrected chi connectivity index (χ0v) is 13.7. The quantitative estimate of drug-likeness (QED) is 0.422. The molecule has 0 amide bonds. The van der Waals surface area contributed by atoms with Gasteiger partial charge in [0.05, 0.1) is 14.2 Å². The minimum absolute atomic E-state index is 0. The van der Waals surface area contributed by atoms with Crippen molar-refractivity contribution in [1.29, 1.82) is 0 Å². The van der Waals surface area contributed by atoms with Crippen molar-refractivity contribution in [2.24, 2.45) is 0 Å². The maximum Gasteiger partial charge on any atom is 2.00 e. The summed E-state index contributed by atoms with van der Waals surface area (Å²) in [4.78, 5) is 0. The molecule has 0 bridgehead atoms. The third-order valence-electron chi connectivity index (χ3n) is 1.85. The van der Waals surface area contributed by atoms with E-state index in [1.54, 1.807) is 14.2 Å². The molecular weight excluding hydrogens is 267 g/mol. The number of ether oxygens (including phenoxy) is 2. The molecule has 0 spiro atoms. The molecular formula is C14H14ClLiMgO2. The first-order valence-corrected chi connectivity index (χ1v) is 4.87. The van der Waals surface area contributed by atoms with Crippen molar-refractivity contribution < 1.29 is 40.7 Å². The number of hydrogen-bond donors (Lipinski definition) is 0. The molecule has 0 aliphatic rings. The van der Waals surface area contributed by atoms with E-state index in [1.807, 2.05) is 48.5 Å². The van der Waals surface area contributed by atoms with Gasteiger partial charge in [-0.1, -0.05) is 0 Å². The minimum Gasteiger partial charge on any atom is -1.00 e. The molecule has 0 fully saturated rings. The van der Waals surface area contributed by atoms with Crippen molar-refractivity contribution in [2.75, 3.05) is 14.2 Å². The summed E-state index contributed by atoms with van der Waals surface area (Å²) in [6.07, 6.45) is 0. The van der Waals surface area contributed by atoms with Gasteiger partial charge in [-0.05, 0) is 0 Å². The van der Waals surface area contributed by atoms with Crippen molar-refractivity contribution in [2.45, 2.75) is 0 Å². The molecule has 0 aromatic heterocycles. The second kappa shape index (κ2) is 15.8. The topological polar surface area (TPSA) is 18.5 Å². The molecule has 0 unspecified atom stereocenters. The number of rotatable bonds is 2. The molecule has 0 N–H and O–H groups in total. The van der Waals surface area contributed by atoms with Crippen molar-refractivity contribution in [3.8, 4) is 11.5 Å². The van der Waals surface area contributed by atoms with E-state index < -0.39 is 0 Å². The normalized spacial score (nSPS) is 7.26. The Hall–Kier alpha value is -0.306. The Morgan fingerprint density at radius 2 is 1.00 bits per heavy atom. The first kappa shape index (κ1) is 23.8. The van der Waals surface area contributed by atoms with Crippen molar-refractivity contribution in [3.63, 3.8) is 0 Å². The second-order valence-electron chi connectivity index (χ2n) is 2.88. The number of hydrogen-bond acceptors (Lipinski definition) is 2. The van der Waals surface area contributed by atoms with Crippen LogP contribution in [0, 0.1) is 12.1 Å².